The Labute approximate surface area is 149 Å². The maximum absolute atomic E-state index is 12.4. The second kappa shape index (κ2) is 7.70. The third kappa shape index (κ3) is 3.69. The molecule has 1 aliphatic rings. The molecule has 0 amide bonds. The first-order valence-electron chi connectivity index (χ1n) is 8.78. The maximum Gasteiger partial charge on any atom is 0.311 e. The van der Waals surface area contributed by atoms with Crippen LogP contribution in [0.15, 0.2) is 48.5 Å². The zero-order chi connectivity index (χ0) is 17.8. The summed E-state index contributed by atoms with van der Waals surface area (Å²) in [5.74, 6) is 0.530. The number of methoxy groups -OCH3 is 1. The standard InChI is InChI=1S/C21H25NO3/c1-4-25-21(23)19-13-16-7-5-6-8-18(16)20(19)22-14(2)15-9-11-17(24-3)12-10-15/h5-12,14,19-20,22H,4,13H2,1-3H3/t14-,19+,20+/m0/s1. The summed E-state index contributed by atoms with van der Waals surface area (Å²) < 4.78 is 10.5. The Kier molecular flexibility index (Phi) is 5.39. The summed E-state index contributed by atoms with van der Waals surface area (Å²) in [7, 11) is 1.66. The van der Waals surface area contributed by atoms with E-state index in [1.54, 1.807) is 7.11 Å². The predicted octanol–water partition coefficient (Wildman–Crippen LogP) is 3.82. The van der Waals surface area contributed by atoms with Gasteiger partial charge in [0.2, 0.25) is 0 Å². The lowest BCUT2D eigenvalue weighted by molar-refractivity contribution is -0.148. The van der Waals surface area contributed by atoms with E-state index in [0.29, 0.717) is 6.61 Å². The second-order valence-corrected chi connectivity index (χ2v) is 6.40. The molecule has 25 heavy (non-hydrogen) atoms. The van der Waals surface area contributed by atoms with Gasteiger partial charge in [0, 0.05) is 12.1 Å². The molecule has 4 heteroatoms. The van der Waals surface area contributed by atoms with Gasteiger partial charge >= 0.3 is 5.97 Å². The topological polar surface area (TPSA) is 47.6 Å². The molecule has 1 N–H and O–H groups in total. The van der Waals surface area contributed by atoms with Gasteiger partial charge in [-0.05, 0) is 49.1 Å². The highest BCUT2D eigenvalue weighted by Gasteiger charge is 2.38. The molecule has 0 fully saturated rings. The summed E-state index contributed by atoms with van der Waals surface area (Å²) >= 11 is 0. The fourth-order valence-electron chi connectivity index (χ4n) is 3.53. The fourth-order valence-corrected chi connectivity index (χ4v) is 3.53. The van der Waals surface area contributed by atoms with Gasteiger partial charge in [-0.3, -0.25) is 4.79 Å². The fraction of sp³-hybridized carbons (Fsp3) is 0.381. The molecule has 2 aromatic carbocycles. The van der Waals surface area contributed by atoms with Gasteiger partial charge in [0.05, 0.1) is 19.6 Å². The number of hydrogen-bond donors (Lipinski definition) is 1. The normalized spacial score (nSPS) is 20.0. The predicted molar refractivity (Wildman–Crippen MR) is 97.6 cm³/mol. The highest BCUT2D eigenvalue weighted by molar-refractivity contribution is 5.75. The monoisotopic (exact) mass is 339 g/mol. The average Bonchev–Trinajstić information content (AvgIpc) is 3.01. The van der Waals surface area contributed by atoms with E-state index in [-0.39, 0.29) is 24.0 Å². The molecule has 0 bridgehead atoms. The highest BCUT2D eigenvalue weighted by atomic mass is 16.5. The Hall–Kier alpha value is -2.33. The minimum atomic E-state index is -0.182. The molecule has 0 saturated carbocycles. The quantitative estimate of drug-likeness (QED) is 0.813. The number of carbonyl (C=O) groups excluding carboxylic acids is 1. The lowest BCUT2D eigenvalue weighted by atomic mass is 9.98. The molecule has 4 nitrogen and oxygen atoms in total. The molecule has 0 spiro atoms. The molecule has 3 atom stereocenters. The molecular formula is C21H25NO3. The highest BCUT2D eigenvalue weighted by Crippen LogP contribution is 2.38. The van der Waals surface area contributed by atoms with Crippen molar-refractivity contribution in [2.24, 2.45) is 5.92 Å². The van der Waals surface area contributed by atoms with Gasteiger partial charge in [0.1, 0.15) is 5.75 Å². The Morgan fingerprint density at radius 2 is 1.92 bits per heavy atom. The molecule has 0 unspecified atom stereocenters. The van der Waals surface area contributed by atoms with Gasteiger partial charge in [-0.1, -0.05) is 36.4 Å². The van der Waals surface area contributed by atoms with E-state index in [1.165, 1.54) is 11.1 Å². The molecule has 0 aliphatic heterocycles. The van der Waals surface area contributed by atoms with Crippen molar-refractivity contribution in [2.75, 3.05) is 13.7 Å². The molecule has 132 valence electrons. The molecule has 3 rings (SSSR count). The third-order valence-corrected chi connectivity index (χ3v) is 4.87. The SMILES string of the molecule is CCOC(=O)[C@@H]1Cc2ccccc2[C@H]1N[C@@H](C)c1ccc(OC)cc1. The van der Waals surface area contributed by atoms with E-state index < -0.39 is 0 Å². The minimum Gasteiger partial charge on any atom is -0.497 e. The van der Waals surface area contributed by atoms with Gasteiger partial charge < -0.3 is 14.8 Å². The van der Waals surface area contributed by atoms with Crippen LogP contribution < -0.4 is 10.1 Å². The lowest BCUT2D eigenvalue weighted by Crippen LogP contribution is -2.33. The number of fused-ring (bicyclic) bond motifs is 1. The first-order chi connectivity index (χ1) is 12.1. The summed E-state index contributed by atoms with van der Waals surface area (Å²) in [6.07, 6.45) is 0.724. The Morgan fingerprint density at radius 3 is 2.60 bits per heavy atom. The molecule has 0 radical (unpaired) electrons. The van der Waals surface area contributed by atoms with Gasteiger partial charge in [-0.2, -0.15) is 0 Å². The van der Waals surface area contributed by atoms with Crippen LogP contribution >= 0.6 is 0 Å². The zero-order valence-electron chi connectivity index (χ0n) is 15.0. The van der Waals surface area contributed by atoms with E-state index in [2.05, 4.69) is 36.5 Å². The number of nitrogens with one attached hydrogen (secondary N) is 1. The van der Waals surface area contributed by atoms with E-state index in [4.69, 9.17) is 9.47 Å². The van der Waals surface area contributed by atoms with Crippen LogP contribution in [0, 0.1) is 5.92 Å². The van der Waals surface area contributed by atoms with Crippen LogP contribution in [0.5, 0.6) is 5.75 Å². The summed E-state index contributed by atoms with van der Waals surface area (Å²) in [6, 6.07) is 16.3. The van der Waals surface area contributed by atoms with Crippen LogP contribution in [0.4, 0.5) is 0 Å². The first kappa shape index (κ1) is 17.5. The van der Waals surface area contributed by atoms with Crippen molar-refractivity contribution in [1.29, 1.82) is 0 Å². The van der Waals surface area contributed by atoms with Crippen LogP contribution in [0.25, 0.3) is 0 Å². The van der Waals surface area contributed by atoms with Crippen molar-refractivity contribution in [2.45, 2.75) is 32.4 Å². The summed E-state index contributed by atoms with van der Waals surface area (Å²) in [4.78, 5) is 12.4. The molecule has 1 aliphatic carbocycles. The maximum atomic E-state index is 12.4. The van der Waals surface area contributed by atoms with E-state index in [9.17, 15) is 4.79 Å². The number of hydrogen-bond acceptors (Lipinski definition) is 4. The molecule has 0 saturated heterocycles. The summed E-state index contributed by atoms with van der Waals surface area (Å²) in [5.41, 5.74) is 3.58. The van der Waals surface area contributed by atoms with Crippen LogP contribution in [0.3, 0.4) is 0 Å². The van der Waals surface area contributed by atoms with Crippen LogP contribution in [0.2, 0.25) is 0 Å². The summed E-state index contributed by atoms with van der Waals surface area (Å²) in [6.45, 7) is 4.37. The first-order valence-corrected chi connectivity index (χ1v) is 8.78. The van der Waals surface area contributed by atoms with Crippen molar-refractivity contribution in [3.8, 4) is 5.75 Å². The average molecular weight is 339 g/mol. The second-order valence-electron chi connectivity index (χ2n) is 6.40. The number of rotatable bonds is 6. The van der Waals surface area contributed by atoms with E-state index >= 15 is 0 Å². The van der Waals surface area contributed by atoms with Gasteiger partial charge in [-0.15, -0.1) is 0 Å². The zero-order valence-corrected chi connectivity index (χ0v) is 15.0. The van der Waals surface area contributed by atoms with E-state index in [0.717, 1.165) is 17.7 Å². The number of esters is 1. The van der Waals surface area contributed by atoms with Crippen LogP contribution in [-0.2, 0) is 16.0 Å². The van der Waals surface area contributed by atoms with Crippen molar-refractivity contribution in [3.05, 3.63) is 65.2 Å². The summed E-state index contributed by atoms with van der Waals surface area (Å²) in [5, 5.41) is 3.64. The Morgan fingerprint density at radius 1 is 1.20 bits per heavy atom. The Bertz CT molecular complexity index is 726. The third-order valence-electron chi connectivity index (χ3n) is 4.87. The van der Waals surface area contributed by atoms with Crippen molar-refractivity contribution < 1.29 is 14.3 Å². The van der Waals surface area contributed by atoms with Crippen LogP contribution in [0.1, 0.15) is 42.6 Å². The van der Waals surface area contributed by atoms with Gasteiger partial charge in [0.15, 0.2) is 0 Å². The minimum absolute atomic E-state index is 0.0349. The largest absolute Gasteiger partial charge is 0.497 e. The van der Waals surface area contributed by atoms with Gasteiger partial charge in [-0.25, -0.2) is 0 Å². The number of ether oxygens (including phenoxy) is 2. The van der Waals surface area contributed by atoms with Crippen molar-refractivity contribution >= 4 is 5.97 Å². The van der Waals surface area contributed by atoms with Crippen molar-refractivity contribution in [3.63, 3.8) is 0 Å². The smallest absolute Gasteiger partial charge is 0.311 e. The van der Waals surface area contributed by atoms with E-state index in [1.807, 2.05) is 31.2 Å². The number of carbonyl (C=O) groups is 1. The lowest BCUT2D eigenvalue weighted by Gasteiger charge is -2.25. The van der Waals surface area contributed by atoms with Crippen molar-refractivity contribution in [1.82, 2.24) is 5.32 Å². The molecule has 2 aromatic rings. The van der Waals surface area contributed by atoms with Crippen LogP contribution in [-0.4, -0.2) is 19.7 Å². The van der Waals surface area contributed by atoms with Gasteiger partial charge in [0.25, 0.3) is 0 Å². The number of benzene rings is 2. The Balaban J connectivity index is 1.82. The molecular weight excluding hydrogens is 314 g/mol. The molecule has 0 heterocycles. The molecule has 0 aromatic heterocycles.